The number of ether oxygens (including phenoxy) is 1. The second-order valence-corrected chi connectivity index (χ2v) is 5.65. The maximum atomic E-state index is 6.21. The van der Waals surface area contributed by atoms with Gasteiger partial charge in [-0.1, -0.05) is 23.7 Å². The summed E-state index contributed by atoms with van der Waals surface area (Å²) in [6.45, 7) is 2.68. The largest absolute Gasteiger partial charge is 0.494 e. The molecule has 3 heteroatoms. The van der Waals surface area contributed by atoms with Gasteiger partial charge in [0.15, 0.2) is 0 Å². The lowest BCUT2D eigenvalue weighted by Gasteiger charge is -2.08. The minimum atomic E-state index is 0.688. The molecule has 2 rings (SSSR count). The molecule has 0 aliphatic rings. The first-order chi connectivity index (χ1) is 8.69. The minimum Gasteiger partial charge on any atom is -0.494 e. The van der Waals surface area contributed by atoms with E-state index in [4.69, 9.17) is 16.3 Å². The Hall–Kier alpha value is -0.740. The van der Waals surface area contributed by atoms with Crippen molar-refractivity contribution in [1.82, 2.24) is 0 Å². The highest BCUT2D eigenvalue weighted by Gasteiger charge is 2.04. The Morgan fingerprint density at radius 1 is 1.17 bits per heavy atom. The Morgan fingerprint density at radius 3 is 2.78 bits per heavy atom. The van der Waals surface area contributed by atoms with Crippen molar-refractivity contribution in [3.63, 3.8) is 0 Å². The molecule has 0 unspecified atom stereocenters. The lowest BCUT2D eigenvalue weighted by Crippen LogP contribution is -1.94. The zero-order valence-electron chi connectivity index (χ0n) is 10.1. The van der Waals surface area contributed by atoms with Gasteiger partial charge < -0.3 is 4.74 Å². The van der Waals surface area contributed by atoms with E-state index in [0.29, 0.717) is 6.61 Å². The number of rotatable bonds is 4. The van der Waals surface area contributed by atoms with E-state index in [1.807, 2.05) is 31.2 Å². The van der Waals surface area contributed by atoms with Crippen LogP contribution in [0.4, 0.5) is 0 Å². The summed E-state index contributed by atoms with van der Waals surface area (Å²) >= 11 is 8.51. The van der Waals surface area contributed by atoms with Gasteiger partial charge in [-0.25, -0.2) is 0 Å². The predicted octanol–water partition coefficient (Wildman–Crippen LogP) is 4.93. The van der Waals surface area contributed by atoms with E-state index in [0.717, 1.165) is 22.8 Å². The molecule has 0 saturated carbocycles. The van der Waals surface area contributed by atoms with Crippen molar-refractivity contribution in [2.75, 3.05) is 6.61 Å². The van der Waals surface area contributed by atoms with Gasteiger partial charge in [-0.3, -0.25) is 0 Å². The molecule has 0 radical (unpaired) electrons. The smallest absolute Gasteiger partial charge is 0.119 e. The van der Waals surface area contributed by atoms with Crippen LogP contribution >= 0.6 is 34.2 Å². The fraction of sp³-hybridized carbons (Fsp3) is 0.200. The van der Waals surface area contributed by atoms with Crippen LogP contribution in [0.15, 0.2) is 42.5 Å². The van der Waals surface area contributed by atoms with Crippen molar-refractivity contribution in [2.24, 2.45) is 0 Å². The third kappa shape index (κ3) is 3.62. The van der Waals surface area contributed by atoms with Gasteiger partial charge in [-0.15, -0.1) is 0 Å². The highest BCUT2D eigenvalue weighted by Crippen LogP contribution is 2.23. The van der Waals surface area contributed by atoms with E-state index < -0.39 is 0 Å². The molecular formula is C15H14ClIO. The highest BCUT2D eigenvalue weighted by atomic mass is 127. The van der Waals surface area contributed by atoms with Crippen molar-refractivity contribution in [2.45, 2.75) is 13.3 Å². The van der Waals surface area contributed by atoms with Crippen LogP contribution in [-0.2, 0) is 6.42 Å². The fourth-order valence-electron chi connectivity index (χ4n) is 1.81. The standard InChI is InChI=1S/C15H14ClIO/c1-2-18-14-5-3-4-11(9-14)8-12-10-13(17)6-7-15(12)16/h3-7,9-10H,2,8H2,1H3. The highest BCUT2D eigenvalue weighted by molar-refractivity contribution is 14.1. The number of hydrogen-bond donors (Lipinski definition) is 0. The Kier molecular flexibility index (Phi) is 4.89. The van der Waals surface area contributed by atoms with E-state index in [-0.39, 0.29) is 0 Å². The number of halogens is 2. The maximum absolute atomic E-state index is 6.21. The second-order valence-electron chi connectivity index (χ2n) is 3.99. The third-order valence-electron chi connectivity index (χ3n) is 2.61. The van der Waals surface area contributed by atoms with Crippen LogP contribution in [0.1, 0.15) is 18.1 Å². The van der Waals surface area contributed by atoms with Gasteiger partial charge >= 0.3 is 0 Å². The summed E-state index contributed by atoms with van der Waals surface area (Å²) in [7, 11) is 0. The molecule has 0 amide bonds. The van der Waals surface area contributed by atoms with Crippen molar-refractivity contribution in [1.29, 1.82) is 0 Å². The predicted molar refractivity (Wildman–Crippen MR) is 84.6 cm³/mol. The summed E-state index contributed by atoms with van der Waals surface area (Å²) in [5.74, 6) is 0.914. The second kappa shape index (κ2) is 6.43. The molecule has 0 fully saturated rings. The molecular weight excluding hydrogens is 359 g/mol. The molecule has 0 heterocycles. The third-order valence-corrected chi connectivity index (χ3v) is 3.65. The number of benzene rings is 2. The van der Waals surface area contributed by atoms with Crippen LogP contribution in [0, 0.1) is 3.57 Å². The molecule has 18 heavy (non-hydrogen) atoms. The fourth-order valence-corrected chi connectivity index (χ4v) is 2.55. The lowest BCUT2D eigenvalue weighted by atomic mass is 10.0. The Balaban J connectivity index is 2.22. The van der Waals surface area contributed by atoms with E-state index in [1.54, 1.807) is 0 Å². The van der Waals surface area contributed by atoms with E-state index in [1.165, 1.54) is 9.13 Å². The molecule has 0 spiro atoms. The Morgan fingerprint density at radius 2 is 2.00 bits per heavy atom. The van der Waals surface area contributed by atoms with Gasteiger partial charge in [0.25, 0.3) is 0 Å². The number of hydrogen-bond acceptors (Lipinski definition) is 1. The first-order valence-electron chi connectivity index (χ1n) is 5.84. The van der Waals surface area contributed by atoms with Gasteiger partial charge in [-0.2, -0.15) is 0 Å². The molecule has 0 bridgehead atoms. The van der Waals surface area contributed by atoms with E-state index in [9.17, 15) is 0 Å². The average molecular weight is 373 g/mol. The summed E-state index contributed by atoms with van der Waals surface area (Å²) in [6, 6.07) is 14.2. The summed E-state index contributed by atoms with van der Waals surface area (Å²) in [5.41, 5.74) is 2.36. The molecule has 94 valence electrons. The SMILES string of the molecule is CCOc1cccc(Cc2cc(I)ccc2Cl)c1. The molecule has 0 N–H and O–H groups in total. The zero-order chi connectivity index (χ0) is 13.0. The molecule has 0 atom stereocenters. The first-order valence-corrected chi connectivity index (χ1v) is 7.30. The zero-order valence-corrected chi connectivity index (χ0v) is 13.0. The molecule has 1 nitrogen and oxygen atoms in total. The molecule has 0 aliphatic carbocycles. The van der Waals surface area contributed by atoms with Gasteiger partial charge in [-0.05, 0) is 77.4 Å². The minimum absolute atomic E-state index is 0.688. The van der Waals surface area contributed by atoms with Crippen LogP contribution in [0.3, 0.4) is 0 Å². The molecule has 2 aromatic rings. The van der Waals surface area contributed by atoms with Crippen LogP contribution in [-0.4, -0.2) is 6.61 Å². The molecule has 0 aromatic heterocycles. The van der Waals surface area contributed by atoms with Crippen LogP contribution in [0.25, 0.3) is 0 Å². The summed E-state index contributed by atoms with van der Waals surface area (Å²) < 4.78 is 6.71. The summed E-state index contributed by atoms with van der Waals surface area (Å²) in [6.07, 6.45) is 0.830. The monoisotopic (exact) mass is 372 g/mol. The molecule has 0 saturated heterocycles. The van der Waals surface area contributed by atoms with Crippen molar-refractivity contribution < 1.29 is 4.74 Å². The van der Waals surface area contributed by atoms with Crippen LogP contribution in [0.2, 0.25) is 5.02 Å². The van der Waals surface area contributed by atoms with Gasteiger partial charge in [0.2, 0.25) is 0 Å². The Bertz CT molecular complexity index is 540. The van der Waals surface area contributed by atoms with Gasteiger partial charge in [0.1, 0.15) is 5.75 Å². The molecule has 2 aromatic carbocycles. The molecule has 0 aliphatic heterocycles. The average Bonchev–Trinajstić information content (AvgIpc) is 2.35. The van der Waals surface area contributed by atoms with E-state index in [2.05, 4.69) is 40.8 Å². The normalized spacial score (nSPS) is 10.4. The van der Waals surface area contributed by atoms with Crippen molar-refractivity contribution in [3.8, 4) is 5.75 Å². The Labute approximate surface area is 126 Å². The van der Waals surface area contributed by atoms with Gasteiger partial charge in [0, 0.05) is 8.59 Å². The van der Waals surface area contributed by atoms with Crippen molar-refractivity contribution >= 4 is 34.2 Å². The van der Waals surface area contributed by atoms with Crippen LogP contribution < -0.4 is 4.74 Å². The first kappa shape index (κ1) is 13.7. The summed E-state index contributed by atoms with van der Waals surface area (Å²) in [4.78, 5) is 0. The lowest BCUT2D eigenvalue weighted by molar-refractivity contribution is 0.340. The van der Waals surface area contributed by atoms with E-state index >= 15 is 0 Å². The maximum Gasteiger partial charge on any atom is 0.119 e. The van der Waals surface area contributed by atoms with Crippen LogP contribution in [0.5, 0.6) is 5.75 Å². The topological polar surface area (TPSA) is 9.23 Å². The summed E-state index contributed by atoms with van der Waals surface area (Å²) in [5, 5.41) is 0.817. The van der Waals surface area contributed by atoms with Crippen molar-refractivity contribution in [3.05, 3.63) is 62.2 Å². The van der Waals surface area contributed by atoms with Gasteiger partial charge in [0.05, 0.1) is 6.61 Å². The quantitative estimate of drug-likeness (QED) is 0.691.